The van der Waals surface area contributed by atoms with Crippen molar-refractivity contribution in [3.05, 3.63) is 89.5 Å². The molecule has 0 spiro atoms. The van der Waals surface area contributed by atoms with E-state index in [-0.39, 0.29) is 23.1 Å². The number of nitrogens with one attached hydrogen (secondary N) is 2. The number of hydrogen-bond donors (Lipinski definition) is 4. The summed E-state index contributed by atoms with van der Waals surface area (Å²) in [6, 6.07) is 24.1. The molecule has 45 heavy (non-hydrogen) atoms. The van der Waals surface area contributed by atoms with Gasteiger partial charge in [-0.2, -0.15) is 0 Å². The van der Waals surface area contributed by atoms with E-state index in [4.69, 9.17) is 10.9 Å². The van der Waals surface area contributed by atoms with Crippen LogP contribution in [-0.2, 0) is 21.4 Å². The summed E-state index contributed by atoms with van der Waals surface area (Å²) in [6.07, 6.45) is 4.76. The number of nitrogens with two attached hydrogens (primary N) is 1. The molecule has 0 aromatic heterocycles. The average molecular weight is 630 g/mol. The molecule has 1 fully saturated rings. The van der Waals surface area contributed by atoms with Crippen LogP contribution in [0.25, 0.3) is 11.1 Å². The number of benzene rings is 3. The fourth-order valence-electron chi connectivity index (χ4n) is 5.71. The van der Waals surface area contributed by atoms with Crippen LogP contribution < -0.4 is 15.8 Å². The summed E-state index contributed by atoms with van der Waals surface area (Å²) in [7, 11) is 1.67. The summed E-state index contributed by atoms with van der Waals surface area (Å²) in [5.41, 5.74) is 11.0. The summed E-state index contributed by atoms with van der Waals surface area (Å²) in [5.74, 6) is 0.702. The largest absolute Gasteiger partial charge is 0.409 e. The Morgan fingerprint density at radius 3 is 2.40 bits per heavy atom. The highest BCUT2D eigenvalue weighted by Gasteiger charge is 2.29. The third kappa shape index (κ3) is 9.83. The van der Waals surface area contributed by atoms with Crippen molar-refractivity contribution in [3.63, 3.8) is 0 Å². The van der Waals surface area contributed by atoms with Crippen molar-refractivity contribution in [2.75, 3.05) is 20.1 Å². The van der Waals surface area contributed by atoms with Gasteiger partial charge in [0.15, 0.2) is 5.84 Å². The number of piperidine rings is 1. The van der Waals surface area contributed by atoms with Gasteiger partial charge in [-0.15, -0.1) is 0 Å². The number of carbonyl (C=O) groups excluding carboxylic acids is 2. The van der Waals surface area contributed by atoms with Gasteiger partial charge in [0, 0.05) is 37.0 Å². The van der Waals surface area contributed by atoms with Crippen LogP contribution in [0.2, 0.25) is 0 Å². The maximum Gasteiger partial charge on any atom is 0.240 e. The van der Waals surface area contributed by atoms with Gasteiger partial charge in [0.05, 0.1) is 0 Å². The number of amidine groups is 1. The summed E-state index contributed by atoms with van der Waals surface area (Å²) < 4.78 is 3.49. The molecule has 1 atom stereocenters. The van der Waals surface area contributed by atoms with Gasteiger partial charge in [-0.05, 0) is 95.8 Å². The number of nitrogens with zero attached hydrogens (tertiary/aromatic N) is 2. The summed E-state index contributed by atoms with van der Waals surface area (Å²) in [4.78, 5) is 28.5. The first kappa shape index (κ1) is 34.1. The summed E-state index contributed by atoms with van der Waals surface area (Å²) in [5, 5.41) is 15.0. The lowest BCUT2D eigenvalue weighted by Crippen LogP contribution is -2.48. The molecule has 1 heterocycles. The van der Waals surface area contributed by atoms with Crippen LogP contribution in [0.3, 0.4) is 0 Å². The predicted molar refractivity (Wildman–Crippen MR) is 183 cm³/mol. The molecule has 3 aromatic carbocycles. The highest BCUT2D eigenvalue weighted by atomic mass is 32.2. The van der Waals surface area contributed by atoms with E-state index < -0.39 is 6.04 Å². The zero-order valence-electron chi connectivity index (χ0n) is 26.9. The number of rotatable bonds is 12. The Balaban J connectivity index is 1.46. The highest BCUT2D eigenvalue weighted by molar-refractivity contribution is 7.97. The molecule has 240 valence electrons. The third-order valence-corrected chi connectivity index (χ3v) is 9.42. The van der Waals surface area contributed by atoms with E-state index in [2.05, 4.69) is 78.4 Å². The van der Waals surface area contributed by atoms with Crippen LogP contribution in [0.4, 0.5) is 0 Å². The molecule has 1 saturated heterocycles. The number of amides is 2. The molecule has 0 aliphatic carbocycles. The normalized spacial score (nSPS) is 15.1. The van der Waals surface area contributed by atoms with Crippen LogP contribution in [-0.4, -0.2) is 53.9 Å². The lowest BCUT2D eigenvalue weighted by molar-refractivity contribution is -0.134. The van der Waals surface area contributed by atoms with Crippen LogP contribution in [0.5, 0.6) is 0 Å². The Labute approximate surface area is 272 Å². The van der Waals surface area contributed by atoms with E-state index >= 15 is 0 Å². The van der Waals surface area contributed by atoms with Crippen molar-refractivity contribution in [1.82, 2.24) is 14.9 Å². The van der Waals surface area contributed by atoms with Gasteiger partial charge < -0.3 is 21.2 Å². The van der Waals surface area contributed by atoms with E-state index in [1.165, 1.54) is 17.5 Å². The zero-order chi connectivity index (χ0) is 32.4. The van der Waals surface area contributed by atoms with Crippen molar-refractivity contribution >= 4 is 29.6 Å². The summed E-state index contributed by atoms with van der Waals surface area (Å²) in [6.45, 7) is 8.05. The van der Waals surface area contributed by atoms with E-state index in [0.29, 0.717) is 37.4 Å². The molecular formula is C36H47N5O3S. The van der Waals surface area contributed by atoms with Gasteiger partial charge >= 0.3 is 0 Å². The fourth-order valence-corrected chi connectivity index (χ4v) is 6.51. The molecule has 3 aromatic rings. The van der Waals surface area contributed by atoms with Crippen molar-refractivity contribution in [2.24, 2.45) is 16.8 Å². The van der Waals surface area contributed by atoms with Gasteiger partial charge in [0.2, 0.25) is 11.8 Å². The molecular weight excluding hydrogens is 582 g/mol. The Morgan fingerprint density at radius 2 is 1.73 bits per heavy atom. The van der Waals surface area contributed by atoms with Crippen LogP contribution in [0.15, 0.2) is 82.8 Å². The topological polar surface area (TPSA) is 120 Å². The second kappa shape index (κ2) is 16.0. The first-order valence-electron chi connectivity index (χ1n) is 15.8. The van der Waals surface area contributed by atoms with Crippen molar-refractivity contribution in [2.45, 2.75) is 75.6 Å². The molecule has 0 radical (unpaired) electrons. The maximum atomic E-state index is 14.0. The SMILES string of the molecule is CNC(=O)CCCC1CCN(C(=O)[C@H](Cc2cccc(/C(N)=N\O)c2)NSc2cccc(-c3ccc(C(C)(C)C)cc3)c2)CC1. The van der Waals surface area contributed by atoms with E-state index in [1.54, 1.807) is 13.1 Å². The first-order chi connectivity index (χ1) is 21.6. The maximum absolute atomic E-state index is 14.0. The minimum absolute atomic E-state index is 0.0351. The molecule has 8 nitrogen and oxygen atoms in total. The monoisotopic (exact) mass is 629 g/mol. The second-order valence-electron chi connectivity index (χ2n) is 12.9. The van der Waals surface area contributed by atoms with Crippen LogP contribution in [0.1, 0.15) is 69.6 Å². The Kier molecular flexibility index (Phi) is 12.1. The van der Waals surface area contributed by atoms with E-state index in [9.17, 15) is 9.59 Å². The number of carbonyl (C=O) groups is 2. The molecule has 9 heteroatoms. The van der Waals surface area contributed by atoms with E-state index in [1.807, 2.05) is 29.2 Å². The summed E-state index contributed by atoms with van der Waals surface area (Å²) >= 11 is 1.46. The standard InChI is InChI=1S/C36H47N5O3S/c1-36(2,3)30-16-14-27(15-17-30)28-10-7-12-31(24-28)45-40-32(23-26-9-5-11-29(22-26)34(37)39-44)35(43)41-20-18-25(19-21-41)8-6-13-33(42)38-4/h5,7,9-12,14-17,22,24-25,32,40,44H,6,8,13,18-21,23H2,1-4H3,(H2,37,39)(H,38,42)/t32-/m0/s1. The molecule has 5 N–H and O–H groups in total. The van der Waals surface area contributed by atoms with Crippen LogP contribution in [0, 0.1) is 5.92 Å². The molecule has 0 unspecified atom stereocenters. The average Bonchev–Trinajstić information content (AvgIpc) is 3.06. The molecule has 0 bridgehead atoms. The Morgan fingerprint density at radius 1 is 1.02 bits per heavy atom. The smallest absolute Gasteiger partial charge is 0.240 e. The molecule has 2 amide bonds. The Bertz CT molecular complexity index is 1460. The third-order valence-electron chi connectivity index (χ3n) is 8.53. The van der Waals surface area contributed by atoms with Crippen molar-refractivity contribution in [1.29, 1.82) is 0 Å². The second-order valence-corrected chi connectivity index (χ2v) is 13.8. The number of hydrogen-bond acceptors (Lipinski definition) is 6. The molecule has 1 aliphatic rings. The number of oxime groups is 1. The van der Waals surface area contributed by atoms with Gasteiger partial charge in [-0.3, -0.25) is 9.59 Å². The minimum Gasteiger partial charge on any atom is -0.409 e. The lowest BCUT2D eigenvalue weighted by Gasteiger charge is -2.34. The van der Waals surface area contributed by atoms with Crippen molar-refractivity contribution < 1.29 is 14.8 Å². The molecule has 0 saturated carbocycles. The number of likely N-dealkylation sites (tertiary alicyclic amines) is 1. The molecule has 1 aliphatic heterocycles. The lowest BCUT2D eigenvalue weighted by atomic mass is 9.86. The van der Waals surface area contributed by atoms with Gasteiger partial charge in [0.1, 0.15) is 6.04 Å². The first-order valence-corrected chi connectivity index (χ1v) is 16.6. The van der Waals surface area contributed by atoms with Gasteiger partial charge in [-0.1, -0.05) is 80.5 Å². The quantitative estimate of drug-likeness (QED) is 0.0631. The van der Waals surface area contributed by atoms with Gasteiger partial charge in [0.25, 0.3) is 0 Å². The van der Waals surface area contributed by atoms with Crippen LogP contribution >= 0.6 is 11.9 Å². The van der Waals surface area contributed by atoms with E-state index in [0.717, 1.165) is 47.3 Å². The van der Waals surface area contributed by atoms with Crippen molar-refractivity contribution in [3.8, 4) is 11.1 Å². The highest BCUT2D eigenvalue weighted by Crippen LogP contribution is 2.29. The van der Waals surface area contributed by atoms with Gasteiger partial charge in [-0.25, -0.2) is 4.72 Å². The molecule has 4 rings (SSSR count). The zero-order valence-corrected chi connectivity index (χ0v) is 27.7. The Hall–Kier alpha value is -3.82. The minimum atomic E-state index is -0.475. The fraction of sp³-hybridized carbons (Fsp3) is 0.417. The predicted octanol–water partition coefficient (Wildman–Crippen LogP) is 6.11.